The third kappa shape index (κ3) is 3.55. The molecule has 0 amide bonds. The number of hydrogen-bond donors (Lipinski definition) is 2. The van der Waals surface area contributed by atoms with Crippen LogP contribution >= 0.6 is 0 Å². The van der Waals surface area contributed by atoms with Crippen LogP contribution in [0.2, 0.25) is 0 Å². The molecule has 0 saturated carbocycles. The Morgan fingerprint density at radius 3 is 2.78 bits per heavy atom. The molecule has 1 aliphatic heterocycles. The molecule has 0 bridgehead atoms. The first-order valence-corrected chi connectivity index (χ1v) is 6.46. The minimum absolute atomic E-state index is 0.0435. The van der Waals surface area contributed by atoms with Crippen LogP contribution in [-0.4, -0.2) is 32.0 Å². The van der Waals surface area contributed by atoms with Gasteiger partial charge in [0.25, 0.3) is 0 Å². The third-order valence-electron chi connectivity index (χ3n) is 3.25. The van der Waals surface area contributed by atoms with Crippen molar-refractivity contribution in [2.45, 2.75) is 12.8 Å². The highest BCUT2D eigenvalue weighted by Crippen LogP contribution is 2.16. The number of ketones is 1. The van der Waals surface area contributed by atoms with Crippen LogP contribution in [0.25, 0.3) is 0 Å². The molecule has 1 aromatic rings. The minimum atomic E-state index is -0.0435. The first-order valence-electron chi connectivity index (χ1n) is 6.46. The number of hydrogen-bond acceptors (Lipinski definition) is 4. The summed E-state index contributed by atoms with van der Waals surface area (Å²) in [5.74, 6) is 1.36. The van der Waals surface area contributed by atoms with Crippen LogP contribution in [0.3, 0.4) is 0 Å². The van der Waals surface area contributed by atoms with Gasteiger partial charge in [0.1, 0.15) is 5.75 Å². The molecule has 4 heteroatoms. The Morgan fingerprint density at radius 1 is 1.39 bits per heavy atom. The van der Waals surface area contributed by atoms with Gasteiger partial charge in [-0.1, -0.05) is 0 Å². The average molecular weight is 248 g/mol. The Hall–Kier alpha value is -1.39. The first-order chi connectivity index (χ1) is 8.79. The van der Waals surface area contributed by atoms with Crippen LogP contribution in [0.1, 0.15) is 23.2 Å². The highest BCUT2D eigenvalue weighted by Gasteiger charge is 2.13. The highest BCUT2D eigenvalue weighted by atomic mass is 16.5. The molecule has 1 heterocycles. The average Bonchev–Trinajstić information content (AvgIpc) is 2.46. The number of carbonyl (C=O) groups excluding carboxylic acids is 1. The van der Waals surface area contributed by atoms with E-state index in [1.54, 1.807) is 12.1 Å². The van der Waals surface area contributed by atoms with Crippen LogP contribution in [0.4, 0.5) is 0 Å². The van der Waals surface area contributed by atoms with Crippen molar-refractivity contribution in [2.24, 2.45) is 11.7 Å². The molecule has 3 N–H and O–H groups in total. The van der Waals surface area contributed by atoms with E-state index in [0.29, 0.717) is 11.5 Å². The summed E-state index contributed by atoms with van der Waals surface area (Å²) in [6.45, 7) is 2.93. The van der Waals surface area contributed by atoms with Gasteiger partial charge in [-0.05, 0) is 43.7 Å². The lowest BCUT2D eigenvalue weighted by molar-refractivity contribution is 0.100. The molecular weight excluding hydrogens is 228 g/mol. The van der Waals surface area contributed by atoms with Gasteiger partial charge >= 0.3 is 0 Å². The zero-order valence-corrected chi connectivity index (χ0v) is 10.5. The highest BCUT2D eigenvalue weighted by molar-refractivity contribution is 5.97. The third-order valence-corrected chi connectivity index (χ3v) is 3.25. The van der Waals surface area contributed by atoms with E-state index in [4.69, 9.17) is 10.5 Å². The molecule has 18 heavy (non-hydrogen) atoms. The van der Waals surface area contributed by atoms with E-state index in [9.17, 15) is 4.79 Å². The van der Waals surface area contributed by atoms with E-state index < -0.39 is 0 Å². The van der Waals surface area contributed by atoms with Crippen LogP contribution in [0, 0.1) is 5.92 Å². The Labute approximate surface area is 108 Å². The lowest BCUT2D eigenvalue weighted by Crippen LogP contribution is -2.33. The normalized spacial score (nSPS) is 19.5. The predicted molar refractivity (Wildman–Crippen MR) is 70.9 cm³/mol. The summed E-state index contributed by atoms with van der Waals surface area (Å²) in [7, 11) is 0. The molecular formula is C14H20N2O2. The summed E-state index contributed by atoms with van der Waals surface area (Å²) in [6, 6.07) is 7.20. The largest absolute Gasteiger partial charge is 0.493 e. The summed E-state index contributed by atoms with van der Waals surface area (Å²) in [6.07, 6.45) is 2.44. The zero-order chi connectivity index (χ0) is 12.8. The molecule has 0 radical (unpaired) electrons. The second kappa shape index (κ2) is 6.52. The predicted octanol–water partition coefficient (Wildman–Crippen LogP) is 1.21. The van der Waals surface area contributed by atoms with Crippen molar-refractivity contribution in [3.8, 4) is 5.75 Å². The first kappa shape index (κ1) is 13.1. The molecule has 1 fully saturated rings. The molecule has 1 atom stereocenters. The SMILES string of the molecule is NCC(=O)c1ccc(OCC2CCCNC2)cc1. The molecule has 0 aromatic heterocycles. The molecule has 0 spiro atoms. The van der Waals surface area contributed by atoms with Crippen molar-refractivity contribution in [3.05, 3.63) is 29.8 Å². The van der Waals surface area contributed by atoms with Gasteiger partial charge in [-0.15, -0.1) is 0 Å². The van der Waals surface area contributed by atoms with Crippen LogP contribution in [-0.2, 0) is 0 Å². The van der Waals surface area contributed by atoms with Crippen molar-refractivity contribution >= 4 is 5.78 Å². The fraction of sp³-hybridized carbons (Fsp3) is 0.500. The number of benzene rings is 1. The van der Waals surface area contributed by atoms with Crippen LogP contribution < -0.4 is 15.8 Å². The number of nitrogens with one attached hydrogen (secondary N) is 1. The van der Waals surface area contributed by atoms with Crippen molar-refractivity contribution in [1.29, 1.82) is 0 Å². The molecule has 1 saturated heterocycles. The lowest BCUT2D eigenvalue weighted by Gasteiger charge is -2.22. The molecule has 1 aliphatic rings. The van der Waals surface area contributed by atoms with Crippen LogP contribution in [0.5, 0.6) is 5.75 Å². The van der Waals surface area contributed by atoms with E-state index >= 15 is 0 Å². The van der Waals surface area contributed by atoms with E-state index in [2.05, 4.69) is 5.32 Å². The second-order valence-electron chi connectivity index (χ2n) is 4.68. The number of nitrogens with two attached hydrogens (primary N) is 1. The minimum Gasteiger partial charge on any atom is -0.493 e. The van der Waals surface area contributed by atoms with Gasteiger partial charge in [0.15, 0.2) is 5.78 Å². The van der Waals surface area contributed by atoms with Crippen molar-refractivity contribution in [3.63, 3.8) is 0 Å². The van der Waals surface area contributed by atoms with Gasteiger partial charge < -0.3 is 15.8 Å². The molecule has 4 nitrogen and oxygen atoms in total. The quantitative estimate of drug-likeness (QED) is 0.769. The Bertz CT molecular complexity index is 383. The summed E-state index contributed by atoms with van der Waals surface area (Å²) >= 11 is 0. The van der Waals surface area contributed by atoms with E-state index in [-0.39, 0.29) is 12.3 Å². The maximum atomic E-state index is 11.4. The van der Waals surface area contributed by atoms with Crippen molar-refractivity contribution in [2.75, 3.05) is 26.2 Å². The fourth-order valence-corrected chi connectivity index (χ4v) is 2.14. The summed E-state index contributed by atoms with van der Waals surface area (Å²) in [5.41, 5.74) is 5.95. The van der Waals surface area contributed by atoms with E-state index in [0.717, 1.165) is 25.4 Å². The Kier molecular flexibility index (Phi) is 4.73. The van der Waals surface area contributed by atoms with Crippen molar-refractivity contribution < 1.29 is 9.53 Å². The van der Waals surface area contributed by atoms with Gasteiger partial charge in [0.05, 0.1) is 13.2 Å². The second-order valence-corrected chi connectivity index (χ2v) is 4.68. The van der Waals surface area contributed by atoms with E-state index in [1.807, 2.05) is 12.1 Å². The number of rotatable bonds is 5. The van der Waals surface area contributed by atoms with Gasteiger partial charge in [0.2, 0.25) is 0 Å². The zero-order valence-electron chi connectivity index (χ0n) is 10.5. The molecule has 0 aliphatic carbocycles. The van der Waals surface area contributed by atoms with Gasteiger partial charge in [-0.2, -0.15) is 0 Å². The Balaban J connectivity index is 1.84. The van der Waals surface area contributed by atoms with Gasteiger partial charge in [-0.25, -0.2) is 0 Å². The number of ether oxygens (including phenoxy) is 1. The monoisotopic (exact) mass is 248 g/mol. The van der Waals surface area contributed by atoms with E-state index in [1.165, 1.54) is 12.8 Å². The molecule has 98 valence electrons. The summed E-state index contributed by atoms with van der Waals surface area (Å²) in [5, 5.41) is 3.36. The maximum absolute atomic E-state index is 11.4. The van der Waals surface area contributed by atoms with Gasteiger partial charge in [0, 0.05) is 18.0 Å². The lowest BCUT2D eigenvalue weighted by atomic mass is 10.0. The smallest absolute Gasteiger partial charge is 0.176 e. The van der Waals surface area contributed by atoms with Gasteiger partial charge in [-0.3, -0.25) is 4.79 Å². The Morgan fingerprint density at radius 2 is 2.17 bits per heavy atom. The molecule has 1 aromatic carbocycles. The summed E-state index contributed by atoms with van der Waals surface area (Å²) in [4.78, 5) is 11.4. The number of Topliss-reactive ketones (excluding diaryl/α,β-unsaturated/α-hetero) is 1. The van der Waals surface area contributed by atoms with Crippen LogP contribution in [0.15, 0.2) is 24.3 Å². The summed E-state index contributed by atoms with van der Waals surface area (Å²) < 4.78 is 5.73. The van der Waals surface area contributed by atoms with Crippen molar-refractivity contribution in [1.82, 2.24) is 5.32 Å². The number of piperidine rings is 1. The maximum Gasteiger partial charge on any atom is 0.176 e. The number of carbonyl (C=O) groups is 1. The topological polar surface area (TPSA) is 64.4 Å². The molecule has 1 unspecified atom stereocenters. The fourth-order valence-electron chi connectivity index (χ4n) is 2.14. The standard InChI is InChI=1S/C14H20N2O2/c15-8-14(17)12-3-5-13(6-4-12)18-10-11-2-1-7-16-9-11/h3-6,11,16H,1-2,7-10,15H2. The molecule has 2 rings (SSSR count).